The van der Waals surface area contributed by atoms with Crippen molar-refractivity contribution in [1.82, 2.24) is 9.97 Å². The smallest absolute Gasteiger partial charge is 0.331 e. The zero-order chi connectivity index (χ0) is 15.2. The third-order valence-corrected chi connectivity index (χ3v) is 3.63. The van der Waals surface area contributed by atoms with Crippen molar-refractivity contribution < 1.29 is 13.9 Å². The number of esters is 1. The highest BCUT2D eigenvalue weighted by molar-refractivity contribution is 7.13. The summed E-state index contributed by atoms with van der Waals surface area (Å²) in [5, 5.41) is 2.60. The monoisotopic (exact) mass is 312 g/mol. The second kappa shape index (κ2) is 6.82. The number of furan rings is 1. The summed E-state index contributed by atoms with van der Waals surface area (Å²) in [5.74, 6) is 0.274. The molecule has 3 aromatic rings. The maximum atomic E-state index is 11.6. The van der Waals surface area contributed by atoms with E-state index in [1.54, 1.807) is 30.7 Å². The number of pyridine rings is 1. The van der Waals surface area contributed by atoms with Crippen molar-refractivity contribution in [3.05, 3.63) is 65.6 Å². The molecule has 0 atom stereocenters. The van der Waals surface area contributed by atoms with Gasteiger partial charge in [0.15, 0.2) is 10.8 Å². The number of nitrogens with zero attached hydrogens (tertiary/aromatic N) is 2. The van der Waals surface area contributed by atoms with E-state index in [-0.39, 0.29) is 6.61 Å². The van der Waals surface area contributed by atoms with Crippen LogP contribution in [0.3, 0.4) is 0 Å². The lowest BCUT2D eigenvalue weighted by molar-refractivity contribution is -0.139. The Morgan fingerprint density at radius 1 is 1.32 bits per heavy atom. The summed E-state index contributed by atoms with van der Waals surface area (Å²) in [7, 11) is 0. The first kappa shape index (κ1) is 14.2. The van der Waals surface area contributed by atoms with Gasteiger partial charge in [0.25, 0.3) is 0 Å². The van der Waals surface area contributed by atoms with Gasteiger partial charge in [-0.15, -0.1) is 11.3 Å². The number of hydrogen-bond donors (Lipinski definition) is 0. The number of rotatable bonds is 5. The molecule has 0 saturated carbocycles. The first-order valence-corrected chi connectivity index (χ1v) is 7.43. The molecule has 0 bridgehead atoms. The molecule has 0 aliphatic heterocycles. The van der Waals surface area contributed by atoms with Crippen molar-refractivity contribution >= 4 is 23.4 Å². The number of hydrogen-bond acceptors (Lipinski definition) is 6. The fraction of sp³-hybridized carbons (Fsp3) is 0.0625. The maximum absolute atomic E-state index is 11.6. The fourth-order valence-electron chi connectivity index (χ4n) is 1.71. The van der Waals surface area contributed by atoms with E-state index in [9.17, 15) is 4.79 Å². The average Bonchev–Trinajstić information content (AvgIpc) is 3.22. The lowest BCUT2D eigenvalue weighted by Crippen LogP contribution is -2.01. The van der Waals surface area contributed by atoms with E-state index in [1.807, 2.05) is 23.6 Å². The van der Waals surface area contributed by atoms with E-state index in [4.69, 9.17) is 9.15 Å². The van der Waals surface area contributed by atoms with Crippen molar-refractivity contribution in [3.63, 3.8) is 0 Å². The summed E-state index contributed by atoms with van der Waals surface area (Å²) in [6, 6.07) is 9.11. The third-order valence-electron chi connectivity index (χ3n) is 2.72. The molecule has 0 aliphatic rings. The summed E-state index contributed by atoms with van der Waals surface area (Å²) in [6.45, 7) is 0.128. The number of carbonyl (C=O) groups is 1. The standard InChI is InChI=1S/C16H12N2O3S/c19-15(7-6-12-4-1-2-8-17-12)21-10-13-11-22-16(18-13)14-5-3-9-20-14/h1-9,11H,10H2/b7-6+. The zero-order valence-electron chi connectivity index (χ0n) is 11.5. The molecule has 22 heavy (non-hydrogen) atoms. The van der Waals surface area contributed by atoms with E-state index in [2.05, 4.69) is 9.97 Å². The van der Waals surface area contributed by atoms with Crippen LogP contribution in [0.1, 0.15) is 11.4 Å². The van der Waals surface area contributed by atoms with Crippen LogP contribution in [0.25, 0.3) is 16.8 Å². The molecule has 3 aromatic heterocycles. The topological polar surface area (TPSA) is 65.2 Å². The molecule has 0 fully saturated rings. The Kier molecular flexibility index (Phi) is 4.41. The quantitative estimate of drug-likeness (QED) is 0.532. The van der Waals surface area contributed by atoms with E-state index < -0.39 is 5.97 Å². The van der Waals surface area contributed by atoms with Crippen molar-refractivity contribution in [1.29, 1.82) is 0 Å². The van der Waals surface area contributed by atoms with Gasteiger partial charge in [-0.3, -0.25) is 4.98 Å². The van der Waals surface area contributed by atoms with E-state index >= 15 is 0 Å². The fourth-order valence-corrected chi connectivity index (χ4v) is 2.48. The number of carbonyl (C=O) groups excluding carboxylic acids is 1. The number of ether oxygens (including phenoxy) is 1. The molecule has 0 spiro atoms. The molecule has 0 unspecified atom stereocenters. The van der Waals surface area contributed by atoms with Gasteiger partial charge >= 0.3 is 5.97 Å². The number of aromatic nitrogens is 2. The summed E-state index contributed by atoms with van der Waals surface area (Å²) >= 11 is 1.44. The van der Waals surface area contributed by atoms with Crippen LogP contribution in [0.15, 0.2) is 58.7 Å². The van der Waals surface area contributed by atoms with Gasteiger partial charge in [-0.1, -0.05) is 6.07 Å². The Morgan fingerprint density at radius 2 is 2.27 bits per heavy atom. The highest BCUT2D eigenvalue weighted by Crippen LogP contribution is 2.24. The van der Waals surface area contributed by atoms with Crippen LogP contribution in [0, 0.1) is 0 Å². The molecule has 3 rings (SSSR count). The predicted molar refractivity (Wildman–Crippen MR) is 82.9 cm³/mol. The SMILES string of the molecule is O=C(/C=C/c1ccccn1)OCc1csc(-c2ccco2)n1. The Labute approximate surface area is 130 Å². The zero-order valence-corrected chi connectivity index (χ0v) is 12.3. The van der Waals surface area contributed by atoms with Gasteiger partial charge in [0.1, 0.15) is 6.61 Å². The lowest BCUT2D eigenvalue weighted by Gasteiger charge is -1.98. The van der Waals surface area contributed by atoms with Crippen LogP contribution in [-0.4, -0.2) is 15.9 Å². The molecular weight excluding hydrogens is 300 g/mol. The second-order valence-electron chi connectivity index (χ2n) is 4.32. The molecule has 0 radical (unpaired) electrons. The summed E-state index contributed by atoms with van der Waals surface area (Å²) < 4.78 is 10.4. The maximum Gasteiger partial charge on any atom is 0.331 e. The molecule has 5 nitrogen and oxygen atoms in total. The molecule has 0 N–H and O–H groups in total. The van der Waals surface area contributed by atoms with Crippen LogP contribution in [-0.2, 0) is 16.1 Å². The Balaban J connectivity index is 1.54. The summed E-state index contributed by atoms with van der Waals surface area (Å²) in [5.41, 5.74) is 1.39. The van der Waals surface area contributed by atoms with Crippen LogP contribution < -0.4 is 0 Å². The van der Waals surface area contributed by atoms with Gasteiger partial charge < -0.3 is 9.15 Å². The molecule has 110 valence electrons. The largest absolute Gasteiger partial charge is 0.462 e. The molecular formula is C16H12N2O3S. The first-order valence-electron chi connectivity index (χ1n) is 6.55. The molecule has 0 saturated heterocycles. The van der Waals surface area contributed by atoms with Crippen molar-refractivity contribution in [2.45, 2.75) is 6.61 Å². The van der Waals surface area contributed by atoms with Gasteiger partial charge in [-0.05, 0) is 30.3 Å². The summed E-state index contributed by atoms with van der Waals surface area (Å²) in [4.78, 5) is 20.1. The van der Waals surface area contributed by atoms with Gasteiger partial charge in [-0.2, -0.15) is 0 Å². The Hall–Kier alpha value is -2.73. The summed E-state index contributed by atoms with van der Waals surface area (Å²) in [6.07, 6.45) is 6.22. The molecule has 0 amide bonds. The van der Waals surface area contributed by atoms with Gasteiger partial charge in [0, 0.05) is 17.7 Å². The van der Waals surface area contributed by atoms with Crippen LogP contribution in [0.5, 0.6) is 0 Å². The second-order valence-corrected chi connectivity index (χ2v) is 5.18. The van der Waals surface area contributed by atoms with Gasteiger partial charge in [0.05, 0.1) is 17.7 Å². The Morgan fingerprint density at radius 3 is 3.05 bits per heavy atom. The van der Waals surface area contributed by atoms with Crippen molar-refractivity contribution in [3.8, 4) is 10.8 Å². The van der Waals surface area contributed by atoms with Crippen LogP contribution >= 0.6 is 11.3 Å². The molecule has 0 aliphatic carbocycles. The van der Waals surface area contributed by atoms with Gasteiger partial charge in [-0.25, -0.2) is 9.78 Å². The van der Waals surface area contributed by atoms with E-state index in [1.165, 1.54) is 17.4 Å². The van der Waals surface area contributed by atoms with E-state index in [0.29, 0.717) is 17.1 Å². The highest BCUT2D eigenvalue weighted by atomic mass is 32.1. The van der Waals surface area contributed by atoms with E-state index in [0.717, 1.165) is 5.01 Å². The minimum atomic E-state index is -0.432. The normalized spacial score (nSPS) is 10.9. The molecule has 6 heteroatoms. The lowest BCUT2D eigenvalue weighted by atomic mass is 10.3. The Bertz CT molecular complexity index is 764. The third kappa shape index (κ3) is 3.67. The van der Waals surface area contributed by atoms with Crippen molar-refractivity contribution in [2.24, 2.45) is 0 Å². The minimum absolute atomic E-state index is 0.128. The van der Waals surface area contributed by atoms with Gasteiger partial charge in [0.2, 0.25) is 0 Å². The van der Waals surface area contributed by atoms with Crippen LogP contribution in [0.4, 0.5) is 0 Å². The van der Waals surface area contributed by atoms with Crippen molar-refractivity contribution in [2.75, 3.05) is 0 Å². The minimum Gasteiger partial charge on any atom is -0.462 e. The average molecular weight is 312 g/mol. The van der Waals surface area contributed by atoms with Crippen LogP contribution in [0.2, 0.25) is 0 Å². The molecule has 0 aromatic carbocycles. The first-order chi connectivity index (χ1) is 10.8. The molecule has 3 heterocycles. The predicted octanol–water partition coefficient (Wildman–Crippen LogP) is 3.55. The highest BCUT2D eigenvalue weighted by Gasteiger charge is 2.08. The number of thiazole rings is 1.